The van der Waals surface area contributed by atoms with Crippen LogP contribution in [0.15, 0.2) is 47.4 Å². The minimum atomic E-state index is -4.13. The summed E-state index contributed by atoms with van der Waals surface area (Å²) in [6.45, 7) is 7.51. The third kappa shape index (κ3) is 4.23. The lowest BCUT2D eigenvalue weighted by molar-refractivity contribution is -0.150. The van der Waals surface area contributed by atoms with E-state index < -0.39 is 28.1 Å². The highest BCUT2D eigenvalue weighted by Crippen LogP contribution is 2.39. The van der Waals surface area contributed by atoms with Crippen LogP contribution in [0.5, 0.6) is 5.75 Å². The van der Waals surface area contributed by atoms with Crippen LogP contribution in [0.25, 0.3) is 0 Å². The molecule has 0 saturated carbocycles. The lowest BCUT2D eigenvalue weighted by atomic mass is 10.0. The summed E-state index contributed by atoms with van der Waals surface area (Å²) in [5.74, 6) is -0.00119. The highest BCUT2D eigenvalue weighted by Gasteiger charge is 2.41. The summed E-state index contributed by atoms with van der Waals surface area (Å²) in [5.41, 5.74) is 1.48. The van der Waals surface area contributed by atoms with E-state index in [0.717, 1.165) is 9.87 Å². The summed E-state index contributed by atoms with van der Waals surface area (Å²) in [6, 6.07) is 10.4. The maximum atomic E-state index is 13.3. The molecule has 1 atom stereocenters. The number of esters is 1. The van der Waals surface area contributed by atoms with Crippen molar-refractivity contribution in [3.63, 3.8) is 0 Å². The van der Waals surface area contributed by atoms with Gasteiger partial charge in [0.25, 0.3) is 10.0 Å². The van der Waals surface area contributed by atoms with E-state index in [4.69, 9.17) is 9.47 Å². The molecule has 1 aliphatic heterocycles. The van der Waals surface area contributed by atoms with Crippen molar-refractivity contribution >= 4 is 33.4 Å². The third-order valence-corrected chi connectivity index (χ3v) is 6.75. The monoisotopic (exact) mass is 446 g/mol. The Labute approximate surface area is 182 Å². The van der Waals surface area contributed by atoms with Crippen LogP contribution in [0.2, 0.25) is 0 Å². The van der Waals surface area contributed by atoms with Gasteiger partial charge in [0, 0.05) is 13.1 Å². The largest absolute Gasteiger partial charge is 0.479 e. The van der Waals surface area contributed by atoms with Gasteiger partial charge in [-0.25, -0.2) is 18.0 Å². The number of anilines is 2. The van der Waals surface area contributed by atoms with Crippen LogP contribution >= 0.6 is 0 Å². The van der Waals surface area contributed by atoms with Crippen LogP contribution in [0.1, 0.15) is 39.2 Å². The molecule has 0 spiro atoms. The molecule has 8 nitrogen and oxygen atoms in total. The molecular formula is C22H26N2O6S. The van der Waals surface area contributed by atoms with Crippen molar-refractivity contribution in [3.05, 3.63) is 48.0 Å². The molecule has 0 fully saturated rings. The van der Waals surface area contributed by atoms with Crippen LogP contribution < -0.4 is 13.9 Å². The summed E-state index contributed by atoms with van der Waals surface area (Å²) in [7, 11) is -2.64. The van der Waals surface area contributed by atoms with Crippen molar-refractivity contribution in [3.8, 4) is 5.75 Å². The maximum Gasteiger partial charge on any atom is 0.347 e. The fraction of sp³-hybridized carbons (Fsp3) is 0.364. The van der Waals surface area contributed by atoms with E-state index in [2.05, 4.69) is 0 Å². The molecule has 1 heterocycles. The Morgan fingerprint density at radius 1 is 1.06 bits per heavy atom. The predicted molar refractivity (Wildman–Crippen MR) is 117 cm³/mol. The second-order valence-electron chi connectivity index (χ2n) is 7.50. The van der Waals surface area contributed by atoms with Crippen molar-refractivity contribution in [2.75, 3.05) is 22.9 Å². The van der Waals surface area contributed by atoms with Crippen LogP contribution in [0, 0.1) is 0 Å². The Morgan fingerprint density at radius 3 is 2.29 bits per heavy atom. The average molecular weight is 447 g/mol. The molecule has 3 rings (SSSR count). The first-order chi connectivity index (χ1) is 14.6. The van der Waals surface area contributed by atoms with E-state index in [9.17, 15) is 18.0 Å². The molecule has 31 heavy (non-hydrogen) atoms. The van der Waals surface area contributed by atoms with Crippen LogP contribution in [-0.4, -0.2) is 40.2 Å². The molecule has 2 amide bonds. The minimum absolute atomic E-state index is 0.0290. The lowest BCUT2D eigenvalue weighted by Gasteiger charge is -2.34. The fourth-order valence-electron chi connectivity index (χ4n) is 3.25. The SMILES string of the molecule is CCOC(=O)C(C)Oc1ccc2c(c1)N(C)C(=O)N(c1ccc(C(C)C)cc1)S2(=O)=O. The predicted octanol–water partition coefficient (Wildman–Crippen LogP) is 3.91. The summed E-state index contributed by atoms with van der Waals surface area (Å²) >= 11 is 0. The Kier molecular flexibility index (Phi) is 6.26. The number of hydrogen-bond acceptors (Lipinski definition) is 6. The highest BCUT2D eigenvalue weighted by molar-refractivity contribution is 7.94. The number of amides is 2. The number of nitrogens with zero attached hydrogens (tertiary/aromatic N) is 2. The summed E-state index contributed by atoms with van der Waals surface area (Å²) in [4.78, 5) is 26.0. The maximum absolute atomic E-state index is 13.3. The van der Waals surface area contributed by atoms with Crippen LogP contribution in [-0.2, 0) is 19.6 Å². The van der Waals surface area contributed by atoms with Crippen molar-refractivity contribution in [2.24, 2.45) is 0 Å². The number of rotatable bonds is 6. The molecule has 0 bridgehead atoms. The Bertz CT molecular complexity index is 1100. The van der Waals surface area contributed by atoms with E-state index in [1.807, 2.05) is 26.0 Å². The van der Waals surface area contributed by atoms with E-state index in [-0.39, 0.29) is 34.5 Å². The summed E-state index contributed by atoms with van der Waals surface area (Å²) < 4.78 is 37.8. The molecular weight excluding hydrogens is 420 g/mol. The zero-order valence-electron chi connectivity index (χ0n) is 18.2. The van der Waals surface area contributed by atoms with E-state index in [0.29, 0.717) is 0 Å². The first kappa shape index (κ1) is 22.6. The standard InChI is InChI=1S/C22H26N2O6S/c1-6-29-21(25)15(4)30-18-11-12-20-19(13-18)23(5)22(26)24(31(20,27)28)17-9-7-16(8-10-17)14(2)3/h7-15H,6H2,1-5H3. The number of sulfonamides is 1. The quantitative estimate of drug-likeness (QED) is 0.625. The van der Waals surface area contributed by atoms with Gasteiger partial charge in [0.05, 0.1) is 18.0 Å². The molecule has 1 unspecified atom stereocenters. The lowest BCUT2D eigenvalue weighted by Crippen LogP contribution is -2.49. The van der Waals surface area contributed by atoms with Crippen molar-refractivity contribution in [1.29, 1.82) is 0 Å². The van der Waals surface area contributed by atoms with Crippen LogP contribution in [0.4, 0.5) is 16.2 Å². The van der Waals surface area contributed by atoms with Gasteiger partial charge in [-0.3, -0.25) is 4.90 Å². The van der Waals surface area contributed by atoms with Crippen LogP contribution in [0.3, 0.4) is 0 Å². The third-order valence-electron chi connectivity index (χ3n) is 5.00. The molecule has 0 saturated heterocycles. The van der Waals surface area contributed by atoms with E-state index >= 15 is 0 Å². The molecule has 0 aliphatic carbocycles. The first-order valence-corrected chi connectivity index (χ1v) is 11.4. The van der Waals surface area contributed by atoms with Gasteiger partial charge in [-0.2, -0.15) is 4.31 Å². The van der Waals surface area contributed by atoms with Gasteiger partial charge < -0.3 is 9.47 Å². The van der Waals surface area contributed by atoms with Gasteiger partial charge in [0.1, 0.15) is 10.6 Å². The number of carbonyl (C=O) groups excluding carboxylic acids is 2. The molecule has 0 aromatic heterocycles. The second kappa shape index (κ2) is 8.58. The first-order valence-electron chi connectivity index (χ1n) is 9.98. The number of urea groups is 1. The normalized spacial score (nSPS) is 16.1. The number of carbonyl (C=O) groups is 2. The molecule has 0 radical (unpaired) electrons. The summed E-state index contributed by atoms with van der Waals surface area (Å²) in [6.07, 6.45) is -0.879. The van der Waals surface area contributed by atoms with Gasteiger partial charge in [0.15, 0.2) is 6.10 Å². The minimum Gasteiger partial charge on any atom is -0.479 e. The van der Waals surface area contributed by atoms with E-state index in [1.54, 1.807) is 19.1 Å². The number of benzene rings is 2. The Balaban J connectivity index is 1.97. The fourth-order valence-corrected chi connectivity index (χ4v) is 4.87. The van der Waals surface area contributed by atoms with E-state index in [1.165, 1.54) is 37.1 Å². The number of hydrogen-bond donors (Lipinski definition) is 0. The smallest absolute Gasteiger partial charge is 0.347 e. The second-order valence-corrected chi connectivity index (χ2v) is 9.25. The van der Waals surface area contributed by atoms with Gasteiger partial charge in [-0.15, -0.1) is 0 Å². The molecule has 2 aromatic rings. The van der Waals surface area contributed by atoms with Crippen molar-refractivity contribution in [1.82, 2.24) is 0 Å². The van der Waals surface area contributed by atoms with Gasteiger partial charge in [0.2, 0.25) is 0 Å². The van der Waals surface area contributed by atoms with Gasteiger partial charge in [-0.1, -0.05) is 26.0 Å². The average Bonchev–Trinajstić information content (AvgIpc) is 2.72. The molecule has 1 aliphatic rings. The zero-order chi connectivity index (χ0) is 22.9. The Morgan fingerprint density at radius 2 is 1.71 bits per heavy atom. The van der Waals surface area contributed by atoms with Gasteiger partial charge >= 0.3 is 12.0 Å². The summed E-state index contributed by atoms with van der Waals surface area (Å²) in [5, 5.41) is 0. The molecule has 2 aromatic carbocycles. The molecule has 166 valence electrons. The topological polar surface area (TPSA) is 93.2 Å². The van der Waals surface area contributed by atoms with Gasteiger partial charge in [-0.05, 0) is 49.6 Å². The highest BCUT2D eigenvalue weighted by atomic mass is 32.2. The molecule has 0 N–H and O–H groups in total. The zero-order valence-corrected chi connectivity index (χ0v) is 19.0. The number of ether oxygens (including phenoxy) is 2. The Hall–Kier alpha value is -3.07. The molecule has 9 heteroatoms. The van der Waals surface area contributed by atoms with Crippen molar-refractivity contribution < 1.29 is 27.5 Å². The number of fused-ring (bicyclic) bond motifs is 1. The van der Waals surface area contributed by atoms with Crippen molar-refractivity contribution in [2.45, 2.75) is 44.6 Å².